The molecule has 0 spiro atoms. The molecule has 1 heterocycles. The van der Waals surface area contributed by atoms with Gasteiger partial charge in [-0.05, 0) is 59.7 Å². The number of halogens is 2. The normalized spacial score (nSPS) is 18.6. The van der Waals surface area contributed by atoms with Gasteiger partial charge in [-0.1, -0.05) is 83.9 Å². The summed E-state index contributed by atoms with van der Waals surface area (Å²) in [6.45, 7) is 1.75. The first-order valence-electron chi connectivity index (χ1n) is 10.8. The van der Waals surface area contributed by atoms with Crippen molar-refractivity contribution in [2.24, 2.45) is 0 Å². The summed E-state index contributed by atoms with van der Waals surface area (Å²) in [4.78, 5) is 5.02. The molecular weight excluding hydrogens is 435 g/mol. The molecule has 32 heavy (non-hydrogen) atoms. The lowest BCUT2D eigenvalue weighted by atomic mass is 9.93. The minimum atomic E-state index is 0.173. The van der Waals surface area contributed by atoms with E-state index >= 15 is 0 Å². The van der Waals surface area contributed by atoms with Gasteiger partial charge in [0, 0.05) is 34.5 Å². The van der Waals surface area contributed by atoms with Crippen LogP contribution < -0.4 is 9.80 Å². The summed E-state index contributed by atoms with van der Waals surface area (Å²) in [5.74, 6) is 0. The highest BCUT2D eigenvalue weighted by Crippen LogP contribution is 2.42. The van der Waals surface area contributed by atoms with Crippen LogP contribution in [0.2, 0.25) is 10.0 Å². The van der Waals surface area contributed by atoms with E-state index in [4.69, 9.17) is 23.2 Å². The van der Waals surface area contributed by atoms with E-state index in [9.17, 15) is 0 Å². The van der Waals surface area contributed by atoms with Crippen LogP contribution in [0.1, 0.15) is 23.2 Å². The second-order valence-electron chi connectivity index (χ2n) is 8.12. The summed E-state index contributed by atoms with van der Waals surface area (Å²) in [5.41, 5.74) is 4.95. The fourth-order valence-corrected chi connectivity index (χ4v) is 4.86. The lowest BCUT2D eigenvalue weighted by molar-refractivity contribution is 0.455. The number of rotatable bonds is 4. The fourth-order valence-electron chi connectivity index (χ4n) is 4.60. The molecule has 4 aromatic rings. The number of piperazine rings is 1. The molecule has 5 rings (SSSR count). The van der Waals surface area contributed by atoms with Gasteiger partial charge in [0.15, 0.2) is 0 Å². The van der Waals surface area contributed by atoms with E-state index in [1.54, 1.807) is 0 Å². The molecule has 0 aromatic heterocycles. The summed E-state index contributed by atoms with van der Waals surface area (Å²) in [6.07, 6.45) is 0. The van der Waals surface area contributed by atoms with Crippen LogP contribution in [0.15, 0.2) is 109 Å². The number of hydrogen-bond donors (Lipinski definition) is 0. The third-order valence-corrected chi connectivity index (χ3v) is 6.65. The van der Waals surface area contributed by atoms with Gasteiger partial charge in [-0.25, -0.2) is 0 Å². The largest absolute Gasteiger partial charge is 0.367 e. The molecule has 0 radical (unpaired) electrons. The summed E-state index contributed by atoms with van der Waals surface area (Å²) < 4.78 is 0. The molecule has 0 bridgehead atoms. The highest BCUT2D eigenvalue weighted by atomic mass is 35.5. The minimum Gasteiger partial charge on any atom is -0.367 e. The van der Waals surface area contributed by atoms with Crippen LogP contribution >= 0.6 is 23.2 Å². The average Bonchev–Trinajstić information content (AvgIpc) is 2.85. The van der Waals surface area contributed by atoms with E-state index in [0.29, 0.717) is 0 Å². The summed E-state index contributed by atoms with van der Waals surface area (Å²) in [5, 5.41) is 1.51. The van der Waals surface area contributed by atoms with Crippen LogP contribution in [0.25, 0.3) is 0 Å². The van der Waals surface area contributed by atoms with E-state index in [0.717, 1.165) is 23.1 Å². The molecule has 4 heteroatoms. The van der Waals surface area contributed by atoms with E-state index in [2.05, 4.69) is 94.7 Å². The van der Waals surface area contributed by atoms with Crippen LogP contribution in [0.3, 0.4) is 0 Å². The predicted molar refractivity (Wildman–Crippen MR) is 136 cm³/mol. The lowest BCUT2D eigenvalue weighted by Crippen LogP contribution is -2.50. The maximum Gasteiger partial charge on any atom is 0.0724 e. The SMILES string of the molecule is Clc1ccc(N2CC(c3ccccc3)N(c3ccc(Cl)cc3)C(c3ccccc3)C2)cc1. The van der Waals surface area contributed by atoms with Crippen molar-refractivity contribution < 1.29 is 0 Å². The zero-order valence-corrected chi connectivity index (χ0v) is 19.1. The van der Waals surface area contributed by atoms with Gasteiger partial charge in [0.25, 0.3) is 0 Å². The summed E-state index contributed by atoms with van der Waals surface area (Å²) in [7, 11) is 0. The van der Waals surface area contributed by atoms with Crippen molar-refractivity contribution in [2.45, 2.75) is 12.1 Å². The molecule has 1 fully saturated rings. The van der Waals surface area contributed by atoms with Gasteiger partial charge < -0.3 is 9.80 Å². The van der Waals surface area contributed by atoms with Crippen LogP contribution in [0.4, 0.5) is 11.4 Å². The third kappa shape index (κ3) is 4.34. The van der Waals surface area contributed by atoms with Crippen molar-refractivity contribution in [1.82, 2.24) is 0 Å². The Bertz CT molecular complexity index is 1100. The topological polar surface area (TPSA) is 6.48 Å². The van der Waals surface area contributed by atoms with Gasteiger partial charge in [-0.2, -0.15) is 0 Å². The molecular formula is C28H24Cl2N2. The number of anilines is 2. The number of hydrogen-bond acceptors (Lipinski definition) is 2. The molecule has 2 nitrogen and oxygen atoms in total. The predicted octanol–water partition coefficient (Wildman–Crippen LogP) is 7.80. The molecule has 160 valence electrons. The Labute approximate surface area is 199 Å². The maximum atomic E-state index is 6.24. The summed E-state index contributed by atoms with van der Waals surface area (Å²) in [6, 6.07) is 38.3. The van der Waals surface area contributed by atoms with Gasteiger partial charge in [-0.3, -0.25) is 0 Å². The second kappa shape index (κ2) is 9.28. The quantitative estimate of drug-likeness (QED) is 0.307. The van der Waals surface area contributed by atoms with Crippen LogP contribution in [-0.2, 0) is 0 Å². The molecule has 0 aliphatic carbocycles. The Morgan fingerprint density at radius 1 is 0.500 bits per heavy atom. The van der Waals surface area contributed by atoms with Gasteiger partial charge in [0.1, 0.15) is 0 Å². The molecule has 0 amide bonds. The van der Waals surface area contributed by atoms with E-state index in [-0.39, 0.29) is 12.1 Å². The smallest absolute Gasteiger partial charge is 0.0724 e. The zero-order chi connectivity index (χ0) is 21.9. The van der Waals surface area contributed by atoms with Crippen molar-refractivity contribution >= 4 is 34.6 Å². The van der Waals surface area contributed by atoms with Crippen molar-refractivity contribution in [3.05, 3.63) is 130 Å². The highest BCUT2D eigenvalue weighted by molar-refractivity contribution is 6.30. The van der Waals surface area contributed by atoms with Crippen molar-refractivity contribution in [3.8, 4) is 0 Å². The Balaban J connectivity index is 1.64. The molecule has 1 aliphatic rings. The van der Waals surface area contributed by atoms with E-state index < -0.39 is 0 Å². The molecule has 1 saturated heterocycles. The maximum absolute atomic E-state index is 6.24. The number of nitrogens with zero attached hydrogens (tertiary/aromatic N) is 2. The van der Waals surface area contributed by atoms with Crippen LogP contribution in [0.5, 0.6) is 0 Å². The Morgan fingerprint density at radius 2 is 0.906 bits per heavy atom. The Morgan fingerprint density at radius 3 is 1.34 bits per heavy atom. The van der Waals surface area contributed by atoms with Crippen molar-refractivity contribution in [1.29, 1.82) is 0 Å². The monoisotopic (exact) mass is 458 g/mol. The van der Waals surface area contributed by atoms with Gasteiger partial charge in [0.05, 0.1) is 12.1 Å². The molecule has 0 N–H and O–H groups in total. The lowest BCUT2D eigenvalue weighted by Gasteiger charge is -2.49. The van der Waals surface area contributed by atoms with Gasteiger partial charge in [0.2, 0.25) is 0 Å². The van der Waals surface area contributed by atoms with E-state index in [1.165, 1.54) is 22.5 Å². The molecule has 1 aliphatic heterocycles. The second-order valence-corrected chi connectivity index (χ2v) is 8.99. The summed E-state index contributed by atoms with van der Waals surface area (Å²) >= 11 is 12.4. The molecule has 2 unspecified atom stereocenters. The average molecular weight is 459 g/mol. The molecule has 4 aromatic carbocycles. The Kier molecular flexibility index (Phi) is 6.07. The highest BCUT2D eigenvalue weighted by Gasteiger charge is 2.36. The Hall–Kier alpha value is -2.94. The number of benzene rings is 4. The van der Waals surface area contributed by atoms with Gasteiger partial charge >= 0.3 is 0 Å². The molecule has 0 saturated carbocycles. The van der Waals surface area contributed by atoms with Crippen LogP contribution in [0, 0.1) is 0 Å². The molecule has 2 atom stereocenters. The third-order valence-electron chi connectivity index (χ3n) is 6.14. The minimum absolute atomic E-state index is 0.173. The van der Waals surface area contributed by atoms with Crippen LogP contribution in [-0.4, -0.2) is 13.1 Å². The van der Waals surface area contributed by atoms with Crippen molar-refractivity contribution in [3.63, 3.8) is 0 Å². The standard InChI is InChI=1S/C28H24Cl2N2/c29-23-11-15-25(16-12-23)31-19-27(21-7-3-1-4-8-21)32(26-17-13-24(30)14-18-26)28(20-31)22-9-5-2-6-10-22/h1-18,27-28H,19-20H2. The first kappa shape index (κ1) is 20.9. The first-order valence-corrected chi connectivity index (χ1v) is 11.6. The van der Waals surface area contributed by atoms with Gasteiger partial charge in [-0.15, -0.1) is 0 Å². The van der Waals surface area contributed by atoms with E-state index in [1.807, 2.05) is 24.3 Å². The first-order chi connectivity index (χ1) is 15.7. The van der Waals surface area contributed by atoms with Crippen molar-refractivity contribution in [2.75, 3.05) is 22.9 Å². The zero-order valence-electron chi connectivity index (χ0n) is 17.6. The fraction of sp³-hybridized carbons (Fsp3) is 0.143.